The lowest BCUT2D eigenvalue weighted by atomic mass is 10.2. The zero-order valence-electron chi connectivity index (χ0n) is 10.9. The molecule has 94 valence electrons. The largest absolute Gasteiger partial charge is 0.358 e. The zero-order valence-corrected chi connectivity index (χ0v) is 10.9. The van der Waals surface area contributed by atoms with Crippen molar-refractivity contribution in [3.8, 4) is 0 Å². The molecule has 1 unspecified atom stereocenters. The summed E-state index contributed by atoms with van der Waals surface area (Å²) < 4.78 is 0. The summed E-state index contributed by atoms with van der Waals surface area (Å²) in [6.45, 7) is 3.71. The van der Waals surface area contributed by atoms with Crippen LogP contribution in [0, 0.1) is 6.92 Å². The van der Waals surface area contributed by atoms with Crippen LogP contribution in [0.4, 0.5) is 11.8 Å². The minimum Gasteiger partial charge on any atom is -0.358 e. The van der Waals surface area contributed by atoms with Gasteiger partial charge in [0.1, 0.15) is 11.9 Å². The molecule has 0 aliphatic carbocycles. The third kappa shape index (κ3) is 3.30. The lowest BCUT2D eigenvalue weighted by Crippen LogP contribution is -2.37. The van der Waals surface area contributed by atoms with E-state index in [-0.39, 0.29) is 11.9 Å². The fourth-order valence-electron chi connectivity index (χ4n) is 1.36. The lowest BCUT2D eigenvalue weighted by Gasteiger charge is -2.19. The van der Waals surface area contributed by atoms with Crippen molar-refractivity contribution >= 4 is 17.7 Å². The summed E-state index contributed by atoms with van der Waals surface area (Å²) in [5.41, 5.74) is 0.905. The highest BCUT2D eigenvalue weighted by molar-refractivity contribution is 5.83. The summed E-state index contributed by atoms with van der Waals surface area (Å²) in [7, 11) is 5.21. The van der Waals surface area contributed by atoms with Crippen LogP contribution in [0.25, 0.3) is 0 Å². The maximum absolute atomic E-state index is 11.7. The second-order valence-corrected chi connectivity index (χ2v) is 4.07. The van der Waals surface area contributed by atoms with Gasteiger partial charge < -0.3 is 15.5 Å². The van der Waals surface area contributed by atoms with E-state index in [1.807, 2.05) is 13.8 Å². The number of hydrogen-bond donors (Lipinski definition) is 2. The lowest BCUT2D eigenvalue weighted by molar-refractivity contribution is -0.129. The smallest absolute Gasteiger partial charge is 0.244 e. The summed E-state index contributed by atoms with van der Waals surface area (Å²) >= 11 is 0. The van der Waals surface area contributed by atoms with E-state index in [2.05, 4.69) is 20.6 Å². The van der Waals surface area contributed by atoms with Crippen molar-refractivity contribution in [3.05, 3.63) is 11.8 Å². The Labute approximate surface area is 101 Å². The molecule has 0 aliphatic heterocycles. The number of carbonyl (C=O) groups excluding carboxylic acids is 1. The molecule has 1 heterocycles. The Balaban J connectivity index is 2.83. The number of carbonyl (C=O) groups is 1. The summed E-state index contributed by atoms with van der Waals surface area (Å²) in [6.07, 6.45) is 1.72. The number of anilines is 2. The van der Waals surface area contributed by atoms with E-state index in [0.29, 0.717) is 11.8 Å². The molecule has 1 aromatic heterocycles. The molecule has 0 spiro atoms. The summed E-state index contributed by atoms with van der Waals surface area (Å²) in [5.74, 6) is 1.21. The molecule has 0 aliphatic rings. The predicted molar refractivity (Wildman–Crippen MR) is 68.1 cm³/mol. The van der Waals surface area contributed by atoms with E-state index in [1.165, 1.54) is 0 Å². The molecule has 2 N–H and O–H groups in total. The van der Waals surface area contributed by atoms with Crippen LogP contribution in [0.5, 0.6) is 0 Å². The zero-order chi connectivity index (χ0) is 13.0. The van der Waals surface area contributed by atoms with Crippen molar-refractivity contribution in [1.82, 2.24) is 14.9 Å². The second kappa shape index (κ2) is 5.47. The van der Waals surface area contributed by atoms with Gasteiger partial charge in [0.05, 0.1) is 0 Å². The van der Waals surface area contributed by atoms with Crippen molar-refractivity contribution < 1.29 is 4.79 Å². The van der Waals surface area contributed by atoms with Crippen LogP contribution in [-0.2, 0) is 4.79 Å². The molecule has 0 aromatic carbocycles. The predicted octanol–water partition coefficient (Wildman–Crippen LogP) is 0.715. The van der Waals surface area contributed by atoms with Crippen LogP contribution in [0.15, 0.2) is 6.20 Å². The molecule has 0 bridgehead atoms. The minimum atomic E-state index is -0.316. The number of likely N-dealkylation sites (N-methyl/N-ethyl adjacent to an activating group) is 1. The quantitative estimate of drug-likeness (QED) is 0.807. The number of nitrogens with zero attached hydrogens (tertiary/aromatic N) is 3. The highest BCUT2D eigenvalue weighted by Crippen LogP contribution is 2.13. The number of aromatic nitrogens is 2. The van der Waals surface area contributed by atoms with Crippen molar-refractivity contribution in [2.45, 2.75) is 19.9 Å². The maximum atomic E-state index is 11.7. The Morgan fingerprint density at radius 1 is 1.47 bits per heavy atom. The average molecular weight is 237 g/mol. The SMILES string of the molecule is CNc1ncc(C)c(NC(C)C(=O)N(C)C)n1. The first kappa shape index (κ1) is 13.2. The van der Waals surface area contributed by atoms with Gasteiger partial charge in [-0.15, -0.1) is 0 Å². The molecular weight excluding hydrogens is 218 g/mol. The third-order valence-corrected chi connectivity index (χ3v) is 2.36. The topological polar surface area (TPSA) is 70.2 Å². The first-order valence-electron chi connectivity index (χ1n) is 5.44. The second-order valence-electron chi connectivity index (χ2n) is 4.07. The van der Waals surface area contributed by atoms with E-state index < -0.39 is 0 Å². The molecule has 0 fully saturated rings. The fraction of sp³-hybridized carbons (Fsp3) is 0.545. The van der Waals surface area contributed by atoms with Crippen LogP contribution in [0.3, 0.4) is 0 Å². The molecule has 1 amide bonds. The Morgan fingerprint density at radius 3 is 2.65 bits per heavy atom. The van der Waals surface area contributed by atoms with Gasteiger partial charge in [-0.3, -0.25) is 4.79 Å². The van der Waals surface area contributed by atoms with Gasteiger partial charge >= 0.3 is 0 Å². The highest BCUT2D eigenvalue weighted by atomic mass is 16.2. The van der Waals surface area contributed by atoms with Crippen molar-refractivity contribution in [2.24, 2.45) is 0 Å². The first-order valence-corrected chi connectivity index (χ1v) is 5.44. The molecule has 6 nitrogen and oxygen atoms in total. The third-order valence-electron chi connectivity index (χ3n) is 2.36. The van der Waals surface area contributed by atoms with Gasteiger partial charge in [-0.1, -0.05) is 0 Å². The molecular formula is C11H19N5O. The van der Waals surface area contributed by atoms with Crippen molar-refractivity contribution in [1.29, 1.82) is 0 Å². The Hall–Kier alpha value is -1.85. The van der Waals surface area contributed by atoms with Gasteiger partial charge in [0.2, 0.25) is 11.9 Å². The summed E-state index contributed by atoms with van der Waals surface area (Å²) in [6, 6.07) is -0.316. The van der Waals surface area contributed by atoms with Crippen LogP contribution < -0.4 is 10.6 Å². The van der Waals surface area contributed by atoms with Crippen LogP contribution in [0.2, 0.25) is 0 Å². The Bertz CT molecular complexity index is 405. The molecule has 1 atom stereocenters. The van der Waals surface area contributed by atoms with Gasteiger partial charge in [-0.2, -0.15) is 4.98 Å². The molecule has 1 aromatic rings. The number of hydrogen-bond acceptors (Lipinski definition) is 5. The van der Waals surface area contributed by atoms with Gasteiger partial charge in [-0.05, 0) is 13.8 Å². The molecule has 0 saturated heterocycles. The van der Waals surface area contributed by atoms with Crippen LogP contribution in [-0.4, -0.2) is 48.0 Å². The molecule has 17 heavy (non-hydrogen) atoms. The highest BCUT2D eigenvalue weighted by Gasteiger charge is 2.16. The van der Waals surface area contributed by atoms with E-state index >= 15 is 0 Å². The molecule has 0 saturated carbocycles. The van der Waals surface area contributed by atoms with Crippen molar-refractivity contribution in [3.63, 3.8) is 0 Å². The normalized spacial score (nSPS) is 11.8. The van der Waals surface area contributed by atoms with E-state index in [1.54, 1.807) is 32.2 Å². The summed E-state index contributed by atoms with van der Waals surface area (Å²) in [4.78, 5) is 21.6. The van der Waals surface area contributed by atoms with E-state index in [9.17, 15) is 4.79 Å². The Morgan fingerprint density at radius 2 is 2.12 bits per heavy atom. The average Bonchev–Trinajstić information content (AvgIpc) is 2.30. The number of aryl methyl sites for hydroxylation is 1. The molecule has 1 rings (SSSR count). The standard InChI is InChI=1S/C11H19N5O/c1-7-6-13-11(12-3)15-9(7)14-8(2)10(17)16(4)5/h6,8H,1-5H3,(H2,12,13,14,15). The number of amides is 1. The monoisotopic (exact) mass is 237 g/mol. The van der Waals surface area contributed by atoms with Crippen LogP contribution >= 0.6 is 0 Å². The molecule has 6 heteroatoms. The minimum absolute atomic E-state index is 0.00835. The first-order chi connectivity index (χ1) is 7.95. The fourth-order valence-corrected chi connectivity index (χ4v) is 1.36. The van der Waals surface area contributed by atoms with E-state index in [0.717, 1.165) is 5.56 Å². The van der Waals surface area contributed by atoms with Gasteiger partial charge in [0, 0.05) is 32.9 Å². The van der Waals surface area contributed by atoms with E-state index in [4.69, 9.17) is 0 Å². The van der Waals surface area contributed by atoms with Crippen LogP contribution in [0.1, 0.15) is 12.5 Å². The summed E-state index contributed by atoms with van der Waals surface area (Å²) in [5, 5.41) is 5.95. The van der Waals surface area contributed by atoms with Gasteiger partial charge in [0.15, 0.2) is 0 Å². The molecule has 0 radical (unpaired) electrons. The number of rotatable bonds is 4. The van der Waals surface area contributed by atoms with Gasteiger partial charge in [-0.25, -0.2) is 4.98 Å². The Kier molecular flexibility index (Phi) is 4.25. The van der Waals surface area contributed by atoms with Crippen molar-refractivity contribution in [2.75, 3.05) is 31.8 Å². The van der Waals surface area contributed by atoms with Gasteiger partial charge in [0.25, 0.3) is 0 Å². The number of nitrogens with one attached hydrogen (secondary N) is 2. The maximum Gasteiger partial charge on any atom is 0.244 e.